The minimum atomic E-state index is 0.657. The third-order valence-corrected chi connectivity index (χ3v) is 5.46. The van der Waals surface area contributed by atoms with E-state index in [1.54, 1.807) is 0 Å². The Morgan fingerprint density at radius 2 is 1.87 bits per heavy atom. The topological polar surface area (TPSA) is 66.2 Å². The number of guanidine groups is 1. The van der Waals surface area contributed by atoms with Gasteiger partial charge in [-0.3, -0.25) is 4.90 Å². The molecule has 3 aromatic rings. The standard InChI is InChI=1S/C24H32N6O/c1-2-25-24(26-11-10-22-19-30-12-6-5-9-23(30)28-22)27-17-20-7-3-4-8-21(20)18-29-13-15-31-16-14-29/h3-9,12,19H,2,10-11,13-18H2,1H3,(H2,25,26,27). The predicted octanol–water partition coefficient (Wildman–Crippen LogP) is 2.46. The molecule has 0 radical (unpaired) electrons. The first-order valence-electron chi connectivity index (χ1n) is 11.1. The lowest BCUT2D eigenvalue weighted by molar-refractivity contribution is 0.0341. The van der Waals surface area contributed by atoms with Gasteiger partial charge in [-0.15, -0.1) is 0 Å². The minimum absolute atomic E-state index is 0.657. The number of fused-ring (bicyclic) bond motifs is 1. The van der Waals surface area contributed by atoms with Crippen LogP contribution in [0.15, 0.2) is 59.9 Å². The van der Waals surface area contributed by atoms with E-state index >= 15 is 0 Å². The molecule has 31 heavy (non-hydrogen) atoms. The van der Waals surface area contributed by atoms with Crippen LogP contribution in [0.1, 0.15) is 23.7 Å². The zero-order valence-electron chi connectivity index (χ0n) is 18.3. The lowest BCUT2D eigenvalue weighted by Crippen LogP contribution is -2.38. The second kappa shape index (κ2) is 10.9. The van der Waals surface area contributed by atoms with E-state index in [1.807, 2.05) is 24.4 Å². The number of morpholine rings is 1. The average molecular weight is 421 g/mol. The van der Waals surface area contributed by atoms with Gasteiger partial charge in [0.1, 0.15) is 5.65 Å². The molecule has 2 N–H and O–H groups in total. The van der Waals surface area contributed by atoms with Gasteiger partial charge < -0.3 is 19.8 Å². The number of rotatable bonds is 8. The Kier molecular flexibility index (Phi) is 7.52. The molecule has 1 aromatic carbocycles. The van der Waals surface area contributed by atoms with Crippen molar-refractivity contribution in [2.24, 2.45) is 4.99 Å². The van der Waals surface area contributed by atoms with Gasteiger partial charge in [0.15, 0.2) is 5.96 Å². The number of hydrogen-bond acceptors (Lipinski definition) is 4. The first-order valence-corrected chi connectivity index (χ1v) is 11.1. The van der Waals surface area contributed by atoms with Crippen LogP contribution in [0.3, 0.4) is 0 Å². The predicted molar refractivity (Wildman–Crippen MR) is 124 cm³/mol. The summed E-state index contributed by atoms with van der Waals surface area (Å²) in [7, 11) is 0. The molecule has 2 aromatic heterocycles. The summed E-state index contributed by atoms with van der Waals surface area (Å²) in [6.45, 7) is 8.93. The van der Waals surface area contributed by atoms with E-state index in [0.717, 1.165) is 69.7 Å². The molecule has 1 saturated heterocycles. The van der Waals surface area contributed by atoms with Crippen molar-refractivity contribution in [3.63, 3.8) is 0 Å². The van der Waals surface area contributed by atoms with Crippen LogP contribution in [-0.4, -0.2) is 59.6 Å². The third kappa shape index (κ3) is 6.06. The Morgan fingerprint density at radius 1 is 1.06 bits per heavy atom. The summed E-state index contributed by atoms with van der Waals surface area (Å²) in [4.78, 5) is 12.0. The second-order valence-corrected chi connectivity index (χ2v) is 7.73. The molecule has 4 rings (SSSR count). The normalized spacial score (nSPS) is 15.3. The summed E-state index contributed by atoms with van der Waals surface area (Å²) in [5, 5.41) is 6.80. The van der Waals surface area contributed by atoms with E-state index < -0.39 is 0 Å². The van der Waals surface area contributed by atoms with E-state index in [9.17, 15) is 0 Å². The van der Waals surface area contributed by atoms with Crippen LogP contribution in [0, 0.1) is 0 Å². The number of pyridine rings is 1. The lowest BCUT2D eigenvalue weighted by Gasteiger charge is -2.27. The Morgan fingerprint density at radius 3 is 2.68 bits per heavy atom. The monoisotopic (exact) mass is 420 g/mol. The maximum Gasteiger partial charge on any atom is 0.191 e. The Labute approximate surface area is 184 Å². The van der Waals surface area contributed by atoms with E-state index in [2.05, 4.69) is 62.3 Å². The smallest absolute Gasteiger partial charge is 0.191 e. The first-order chi connectivity index (χ1) is 15.3. The molecule has 0 saturated carbocycles. The molecule has 7 heteroatoms. The van der Waals surface area contributed by atoms with Crippen molar-refractivity contribution < 1.29 is 4.74 Å². The fourth-order valence-corrected chi connectivity index (χ4v) is 3.79. The summed E-state index contributed by atoms with van der Waals surface area (Å²) >= 11 is 0. The van der Waals surface area contributed by atoms with Crippen molar-refractivity contribution in [3.05, 3.63) is 71.7 Å². The lowest BCUT2D eigenvalue weighted by atomic mass is 10.1. The minimum Gasteiger partial charge on any atom is -0.379 e. The summed E-state index contributed by atoms with van der Waals surface area (Å²) in [6.07, 6.45) is 4.96. The van der Waals surface area contributed by atoms with Gasteiger partial charge in [0.05, 0.1) is 25.5 Å². The second-order valence-electron chi connectivity index (χ2n) is 7.73. The van der Waals surface area contributed by atoms with Crippen molar-refractivity contribution in [2.45, 2.75) is 26.4 Å². The molecule has 3 heterocycles. The van der Waals surface area contributed by atoms with Crippen LogP contribution in [0.25, 0.3) is 5.65 Å². The van der Waals surface area contributed by atoms with Gasteiger partial charge in [-0.1, -0.05) is 30.3 Å². The molecule has 0 aliphatic carbocycles. The van der Waals surface area contributed by atoms with Gasteiger partial charge in [0, 0.05) is 51.5 Å². The Hall–Kier alpha value is -2.90. The molecule has 0 atom stereocenters. The zero-order valence-corrected chi connectivity index (χ0v) is 18.3. The van der Waals surface area contributed by atoms with Crippen molar-refractivity contribution in [3.8, 4) is 0 Å². The van der Waals surface area contributed by atoms with Gasteiger partial charge in [0.25, 0.3) is 0 Å². The van der Waals surface area contributed by atoms with Gasteiger partial charge in [-0.05, 0) is 30.2 Å². The Bertz CT molecular complexity index is 959. The summed E-state index contributed by atoms with van der Waals surface area (Å²) in [6, 6.07) is 14.7. The number of ether oxygens (including phenoxy) is 1. The van der Waals surface area contributed by atoms with Gasteiger partial charge in [-0.2, -0.15) is 0 Å². The highest BCUT2D eigenvalue weighted by atomic mass is 16.5. The molecule has 0 spiro atoms. The SMILES string of the molecule is CCNC(=NCc1ccccc1CN1CCOCC1)NCCc1cn2ccccc2n1. The van der Waals surface area contributed by atoms with Gasteiger partial charge in [-0.25, -0.2) is 9.98 Å². The number of imidazole rings is 1. The highest BCUT2D eigenvalue weighted by Crippen LogP contribution is 2.14. The third-order valence-electron chi connectivity index (χ3n) is 5.46. The molecule has 1 aliphatic heterocycles. The number of nitrogens with zero attached hydrogens (tertiary/aromatic N) is 4. The number of benzene rings is 1. The van der Waals surface area contributed by atoms with Crippen LogP contribution >= 0.6 is 0 Å². The summed E-state index contributed by atoms with van der Waals surface area (Å²) in [5.74, 6) is 0.840. The summed E-state index contributed by atoms with van der Waals surface area (Å²) in [5.41, 5.74) is 4.67. The van der Waals surface area contributed by atoms with E-state index in [0.29, 0.717) is 6.54 Å². The number of aliphatic imine (C=N–C) groups is 1. The molecule has 0 unspecified atom stereocenters. The van der Waals surface area contributed by atoms with E-state index in [-0.39, 0.29) is 0 Å². The van der Waals surface area contributed by atoms with Gasteiger partial charge in [0.2, 0.25) is 0 Å². The molecule has 7 nitrogen and oxygen atoms in total. The maximum atomic E-state index is 5.47. The van der Waals surface area contributed by atoms with Crippen LogP contribution in [0.2, 0.25) is 0 Å². The highest BCUT2D eigenvalue weighted by molar-refractivity contribution is 5.79. The summed E-state index contributed by atoms with van der Waals surface area (Å²) < 4.78 is 7.53. The molecule has 1 aliphatic rings. The van der Waals surface area contributed by atoms with Crippen molar-refractivity contribution in [1.82, 2.24) is 24.9 Å². The fraction of sp³-hybridized carbons (Fsp3) is 0.417. The van der Waals surface area contributed by atoms with Gasteiger partial charge >= 0.3 is 0 Å². The number of hydrogen-bond donors (Lipinski definition) is 2. The van der Waals surface area contributed by atoms with Crippen LogP contribution in [0.5, 0.6) is 0 Å². The molecular formula is C24H32N6O. The van der Waals surface area contributed by atoms with Crippen molar-refractivity contribution in [1.29, 1.82) is 0 Å². The number of nitrogens with one attached hydrogen (secondary N) is 2. The maximum absolute atomic E-state index is 5.47. The quantitative estimate of drug-likeness (QED) is 0.433. The van der Waals surface area contributed by atoms with Crippen molar-refractivity contribution >= 4 is 11.6 Å². The van der Waals surface area contributed by atoms with Crippen molar-refractivity contribution in [2.75, 3.05) is 39.4 Å². The largest absolute Gasteiger partial charge is 0.379 e. The first kappa shape index (κ1) is 21.3. The van der Waals surface area contributed by atoms with Crippen LogP contribution < -0.4 is 10.6 Å². The molecule has 1 fully saturated rings. The Balaban J connectivity index is 1.35. The molecule has 0 bridgehead atoms. The van der Waals surface area contributed by atoms with E-state index in [4.69, 9.17) is 9.73 Å². The van der Waals surface area contributed by atoms with Crippen LogP contribution in [0.4, 0.5) is 0 Å². The fourth-order valence-electron chi connectivity index (χ4n) is 3.79. The zero-order chi connectivity index (χ0) is 21.3. The average Bonchev–Trinajstić information content (AvgIpc) is 3.22. The molecule has 0 amide bonds. The number of aromatic nitrogens is 2. The van der Waals surface area contributed by atoms with E-state index in [1.165, 1.54) is 11.1 Å². The molecular weight excluding hydrogens is 388 g/mol. The van der Waals surface area contributed by atoms with Crippen LogP contribution in [-0.2, 0) is 24.2 Å². The highest BCUT2D eigenvalue weighted by Gasteiger charge is 2.12. The molecule has 164 valence electrons.